The molecule has 2 saturated heterocycles. The minimum absolute atomic E-state index is 0.0540. The molecule has 1 spiro atoms. The zero-order valence-corrected chi connectivity index (χ0v) is 18.7. The van der Waals surface area contributed by atoms with E-state index in [4.69, 9.17) is 23.1 Å². The molecular formula is C24H29NO9. The molecule has 0 amide bonds. The molecule has 3 heterocycles. The van der Waals surface area contributed by atoms with E-state index in [2.05, 4.69) is 17.1 Å². The number of benzene rings is 1. The average Bonchev–Trinajstić information content (AvgIpc) is 3.23. The molecule has 1 aromatic carbocycles. The minimum atomic E-state index is -3.00. The molecular weight excluding hydrogens is 446 g/mol. The molecule has 10 nitrogen and oxygen atoms in total. The number of carboxylic acid groups (broad SMARTS) is 1. The van der Waals surface area contributed by atoms with Gasteiger partial charge in [0.15, 0.2) is 23.9 Å². The van der Waals surface area contributed by atoms with Crippen molar-refractivity contribution in [3.8, 4) is 11.5 Å². The summed E-state index contributed by atoms with van der Waals surface area (Å²) < 4.78 is 48.1. The molecule has 3 aliphatic heterocycles. The predicted octanol–water partition coefficient (Wildman–Crippen LogP) is -0.582. The van der Waals surface area contributed by atoms with Gasteiger partial charge in [0, 0.05) is 22.9 Å². The normalized spacial score (nSPS) is 49.9. The SMILES string of the molecule is [2H]O[C@]1([2H])[C@@H](O)[C@H](O)[C@@H](C(=O)O)O[C@@]1([2H])O[C@H]1C=C[C@H]2[C@H]3Cc4ccc(OC)c5c4[C@@]2(CCN3C)[C@H]1O5. The molecule has 0 radical (unpaired) electrons. The van der Waals surface area contributed by atoms with Crippen LogP contribution in [0.2, 0.25) is 0 Å². The van der Waals surface area contributed by atoms with Gasteiger partial charge in [-0.05, 0) is 38.1 Å². The number of rotatable bonds is 5. The lowest BCUT2D eigenvalue weighted by Crippen LogP contribution is -2.66. The minimum Gasteiger partial charge on any atom is -0.493 e. The Balaban J connectivity index is 1.45. The topological polar surface area (TPSA) is 138 Å². The molecule has 34 heavy (non-hydrogen) atoms. The number of aliphatic hydroxyl groups is 3. The van der Waals surface area contributed by atoms with Crippen LogP contribution in [0.25, 0.3) is 0 Å². The fourth-order valence-corrected chi connectivity index (χ4v) is 6.56. The maximum absolute atomic E-state index is 11.7. The Bertz CT molecular complexity index is 1170. The lowest BCUT2D eigenvalue weighted by Gasteiger charge is -2.57. The van der Waals surface area contributed by atoms with Gasteiger partial charge in [0.1, 0.15) is 30.5 Å². The summed E-state index contributed by atoms with van der Waals surface area (Å²) in [5.41, 5.74) is 1.61. The van der Waals surface area contributed by atoms with Crippen LogP contribution in [0, 0.1) is 5.92 Å². The molecule has 1 aromatic rings. The third kappa shape index (κ3) is 2.81. The summed E-state index contributed by atoms with van der Waals surface area (Å²) in [4.78, 5) is 14.0. The summed E-state index contributed by atoms with van der Waals surface area (Å²) in [5.74, 6) is -0.466. The van der Waals surface area contributed by atoms with Gasteiger partial charge in [0.2, 0.25) is 1.43 Å². The van der Waals surface area contributed by atoms with Crippen molar-refractivity contribution < 1.29 is 46.9 Å². The first-order valence-corrected chi connectivity index (χ1v) is 11.4. The first kappa shape index (κ1) is 19.0. The van der Waals surface area contributed by atoms with Crippen LogP contribution in [-0.2, 0) is 26.1 Å². The van der Waals surface area contributed by atoms with E-state index in [1.54, 1.807) is 13.2 Å². The standard InChI is InChI=1S/C24H29NO9/c1-25-8-7-24-11-4-6-14(32-23-18(28)16(26)17(27)20(34-23)22(29)30)21(24)33-19-13(31-2)5-3-10(15(19)24)9-12(11)25/h3-6,11-12,14,16-18,20-21,23,26-28H,7-9H2,1-2H3,(H,29,30)/t11-,12+,14-,16-,17-,18+,20-,21-,23+,24-/m0/s1/i18D,23D,28D. The van der Waals surface area contributed by atoms with Crippen LogP contribution >= 0.6 is 0 Å². The fraction of sp³-hybridized carbons (Fsp3) is 0.625. The van der Waals surface area contributed by atoms with Gasteiger partial charge in [-0.3, -0.25) is 0 Å². The van der Waals surface area contributed by atoms with Crippen LogP contribution in [0.1, 0.15) is 20.3 Å². The molecule has 0 saturated carbocycles. The second-order valence-corrected chi connectivity index (χ2v) is 9.67. The van der Waals surface area contributed by atoms with Crippen molar-refractivity contribution in [3.63, 3.8) is 0 Å². The van der Waals surface area contributed by atoms with E-state index in [1.807, 2.05) is 18.2 Å². The second kappa shape index (κ2) is 7.64. The quantitative estimate of drug-likeness (QED) is 0.407. The van der Waals surface area contributed by atoms with Crippen molar-refractivity contribution in [2.45, 2.75) is 67.2 Å². The van der Waals surface area contributed by atoms with Gasteiger partial charge in [-0.25, -0.2) is 4.79 Å². The molecule has 0 aromatic heterocycles. The van der Waals surface area contributed by atoms with Crippen LogP contribution in [0.15, 0.2) is 24.3 Å². The number of carbonyl (C=O) groups is 1. The largest absolute Gasteiger partial charge is 0.493 e. The van der Waals surface area contributed by atoms with Crippen LogP contribution in [0.3, 0.4) is 0 Å². The molecule has 0 unspecified atom stereocenters. The third-order valence-electron chi connectivity index (χ3n) is 8.16. The zero-order valence-electron chi connectivity index (χ0n) is 21.7. The average molecular weight is 479 g/mol. The van der Waals surface area contributed by atoms with E-state index in [9.17, 15) is 20.1 Å². The highest BCUT2D eigenvalue weighted by Gasteiger charge is 2.65. The number of methoxy groups -OCH3 is 1. The fourth-order valence-electron chi connectivity index (χ4n) is 6.56. The Hall–Kier alpha value is -2.21. The van der Waals surface area contributed by atoms with Gasteiger partial charge in [-0.1, -0.05) is 18.2 Å². The summed E-state index contributed by atoms with van der Waals surface area (Å²) in [6, 6.07) is 4.09. The number of hydrogen-bond donors (Lipinski definition) is 4. The van der Waals surface area contributed by atoms with E-state index in [1.165, 1.54) is 0 Å². The molecule has 6 rings (SSSR count). The van der Waals surface area contributed by atoms with Gasteiger partial charge in [-0.2, -0.15) is 0 Å². The predicted molar refractivity (Wildman–Crippen MR) is 116 cm³/mol. The maximum Gasteiger partial charge on any atom is 0.335 e. The summed E-state index contributed by atoms with van der Waals surface area (Å²) in [6.07, 6.45) is -9.01. The van der Waals surface area contributed by atoms with Gasteiger partial charge < -0.3 is 44.3 Å². The summed E-state index contributed by atoms with van der Waals surface area (Å²) in [6.45, 7) is 0.782. The van der Waals surface area contributed by atoms with E-state index < -0.39 is 54.3 Å². The number of aliphatic hydroxyl groups excluding tert-OH is 2. The molecule has 4 N–H and O–H groups in total. The number of hydrogen-bond acceptors (Lipinski definition) is 9. The van der Waals surface area contributed by atoms with Crippen LogP contribution in [0.4, 0.5) is 0 Å². The first-order chi connectivity index (χ1) is 17.5. The Morgan fingerprint density at radius 3 is 2.88 bits per heavy atom. The highest BCUT2D eigenvalue weighted by atomic mass is 16.7. The van der Waals surface area contributed by atoms with Crippen molar-refractivity contribution in [2.75, 3.05) is 20.7 Å². The van der Waals surface area contributed by atoms with Crippen molar-refractivity contribution in [1.82, 2.24) is 4.90 Å². The molecule has 184 valence electrons. The molecule has 2 fully saturated rings. The number of carboxylic acids is 1. The molecule has 10 atom stereocenters. The molecule has 2 aliphatic carbocycles. The van der Waals surface area contributed by atoms with Gasteiger partial charge >= 0.3 is 5.97 Å². The van der Waals surface area contributed by atoms with Crippen LogP contribution < -0.4 is 9.47 Å². The molecule has 2 bridgehead atoms. The lowest BCUT2D eigenvalue weighted by molar-refractivity contribution is -0.307. The number of ether oxygens (including phenoxy) is 4. The smallest absolute Gasteiger partial charge is 0.335 e. The number of likely N-dealkylation sites (tertiary alicyclic amines) is 1. The number of aliphatic carboxylic acids is 1. The van der Waals surface area contributed by atoms with E-state index in [-0.39, 0.29) is 12.0 Å². The Kier molecular flexibility index (Phi) is 4.28. The van der Waals surface area contributed by atoms with Crippen LogP contribution in [0.5, 0.6) is 11.5 Å². The van der Waals surface area contributed by atoms with Crippen molar-refractivity contribution >= 4 is 5.97 Å². The molecule has 10 heteroatoms. The number of nitrogens with zero attached hydrogens (tertiary/aromatic N) is 1. The highest BCUT2D eigenvalue weighted by Crippen LogP contribution is 2.62. The Morgan fingerprint density at radius 1 is 1.32 bits per heavy atom. The number of likely N-dealkylation sites (N-methyl/N-ethyl adjacent to an activating group) is 1. The first-order valence-electron chi connectivity index (χ1n) is 12.8. The zero-order chi connectivity index (χ0) is 26.5. The van der Waals surface area contributed by atoms with Gasteiger partial charge in [0.25, 0.3) is 0 Å². The highest BCUT2D eigenvalue weighted by molar-refractivity contribution is 5.73. The van der Waals surface area contributed by atoms with E-state index >= 15 is 0 Å². The maximum atomic E-state index is 11.7. The summed E-state index contributed by atoms with van der Waals surface area (Å²) in [7, 11) is 3.64. The summed E-state index contributed by atoms with van der Waals surface area (Å²) in [5, 5.41) is 34.6. The van der Waals surface area contributed by atoms with Crippen molar-refractivity contribution in [1.29, 1.82) is 1.43 Å². The Labute approximate surface area is 200 Å². The van der Waals surface area contributed by atoms with E-state index in [0.29, 0.717) is 17.9 Å². The monoisotopic (exact) mass is 478 g/mol. The van der Waals surface area contributed by atoms with Gasteiger partial charge in [-0.15, -0.1) is 0 Å². The molecule has 5 aliphatic rings. The van der Waals surface area contributed by atoms with Crippen molar-refractivity contribution in [2.24, 2.45) is 5.92 Å². The summed E-state index contributed by atoms with van der Waals surface area (Å²) >= 11 is 0. The lowest BCUT2D eigenvalue weighted by atomic mass is 9.53. The van der Waals surface area contributed by atoms with E-state index in [0.717, 1.165) is 24.1 Å². The Morgan fingerprint density at radius 2 is 2.15 bits per heavy atom. The van der Waals surface area contributed by atoms with Crippen molar-refractivity contribution in [3.05, 3.63) is 35.4 Å². The third-order valence-corrected chi connectivity index (χ3v) is 8.16. The van der Waals surface area contributed by atoms with Crippen LogP contribution in [-0.4, -0.2) is 102 Å². The second-order valence-electron chi connectivity index (χ2n) is 9.67. The van der Waals surface area contributed by atoms with Gasteiger partial charge in [0.05, 0.1) is 9.85 Å². The number of piperidine rings is 1.